The summed E-state index contributed by atoms with van der Waals surface area (Å²) in [5.74, 6) is 1.29. The fourth-order valence-electron chi connectivity index (χ4n) is 2.92. The lowest BCUT2D eigenvalue weighted by Gasteiger charge is -2.23. The van der Waals surface area contributed by atoms with Gasteiger partial charge in [-0.1, -0.05) is 27.2 Å². The van der Waals surface area contributed by atoms with Gasteiger partial charge in [0.25, 0.3) is 0 Å². The summed E-state index contributed by atoms with van der Waals surface area (Å²) in [5, 5.41) is 3.42. The van der Waals surface area contributed by atoms with Crippen LogP contribution in [0.1, 0.15) is 63.3 Å². The third-order valence-corrected chi connectivity index (χ3v) is 3.77. The van der Waals surface area contributed by atoms with Gasteiger partial charge in [0.1, 0.15) is 5.82 Å². The summed E-state index contributed by atoms with van der Waals surface area (Å²) >= 11 is 0. The number of imidazole rings is 1. The maximum Gasteiger partial charge on any atom is 0.109 e. The molecule has 1 aromatic rings. The Morgan fingerprint density at radius 2 is 2.18 bits per heavy atom. The predicted molar refractivity (Wildman–Crippen MR) is 71.3 cm³/mol. The van der Waals surface area contributed by atoms with Crippen molar-refractivity contribution in [1.82, 2.24) is 14.9 Å². The minimum absolute atomic E-state index is 0.657. The molecule has 0 saturated carbocycles. The van der Waals surface area contributed by atoms with Gasteiger partial charge in [0, 0.05) is 37.7 Å². The van der Waals surface area contributed by atoms with Crippen molar-refractivity contribution in [3.8, 4) is 0 Å². The average molecular weight is 235 g/mol. The average Bonchev–Trinajstić information content (AvgIpc) is 2.74. The summed E-state index contributed by atoms with van der Waals surface area (Å²) in [6.45, 7) is 8.85. The Kier molecular flexibility index (Phi) is 4.21. The molecule has 1 aliphatic rings. The first kappa shape index (κ1) is 12.6. The van der Waals surface area contributed by atoms with E-state index in [2.05, 4.69) is 30.7 Å². The summed E-state index contributed by atoms with van der Waals surface area (Å²) < 4.78 is 2.56. The molecule has 1 aromatic heterocycles. The number of nitrogens with zero attached hydrogens (tertiary/aromatic N) is 2. The van der Waals surface area contributed by atoms with Crippen LogP contribution in [0.3, 0.4) is 0 Å². The second-order valence-electron chi connectivity index (χ2n) is 4.92. The van der Waals surface area contributed by atoms with Gasteiger partial charge in [-0.3, -0.25) is 0 Å². The van der Waals surface area contributed by atoms with Crippen LogP contribution in [0.25, 0.3) is 0 Å². The highest BCUT2D eigenvalue weighted by molar-refractivity contribution is 5.21. The van der Waals surface area contributed by atoms with Crippen LogP contribution in [0.4, 0.5) is 0 Å². The van der Waals surface area contributed by atoms with E-state index in [9.17, 15) is 0 Å². The number of hydrogen-bond donors (Lipinski definition) is 1. The molecule has 2 heterocycles. The number of rotatable bonds is 5. The third kappa shape index (κ3) is 2.39. The lowest BCUT2D eigenvalue weighted by atomic mass is 10.1. The monoisotopic (exact) mass is 235 g/mol. The van der Waals surface area contributed by atoms with Crippen molar-refractivity contribution in [3.63, 3.8) is 0 Å². The zero-order valence-corrected chi connectivity index (χ0v) is 11.4. The van der Waals surface area contributed by atoms with Crippen molar-refractivity contribution in [2.75, 3.05) is 6.54 Å². The summed E-state index contributed by atoms with van der Waals surface area (Å²) in [4.78, 5) is 4.82. The molecule has 17 heavy (non-hydrogen) atoms. The highest BCUT2D eigenvalue weighted by atomic mass is 15.1. The van der Waals surface area contributed by atoms with Gasteiger partial charge in [0.2, 0.25) is 0 Å². The van der Waals surface area contributed by atoms with Crippen LogP contribution in [0.15, 0.2) is 0 Å². The van der Waals surface area contributed by atoms with Gasteiger partial charge in [-0.2, -0.15) is 0 Å². The van der Waals surface area contributed by atoms with Gasteiger partial charge in [-0.15, -0.1) is 0 Å². The van der Waals surface area contributed by atoms with E-state index in [1.165, 1.54) is 36.5 Å². The highest BCUT2D eigenvalue weighted by Crippen LogP contribution is 2.26. The molecule has 0 aliphatic carbocycles. The van der Waals surface area contributed by atoms with Crippen molar-refractivity contribution in [3.05, 3.63) is 17.2 Å². The smallest absolute Gasteiger partial charge is 0.109 e. The SMILES string of the molecule is CCCC(CC)n1c(CC)nc2c1CCNC2. The molecule has 3 nitrogen and oxygen atoms in total. The van der Waals surface area contributed by atoms with Crippen molar-refractivity contribution in [2.24, 2.45) is 0 Å². The van der Waals surface area contributed by atoms with E-state index in [1.807, 2.05) is 0 Å². The molecule has 1 atom stereocenters. The van der Waals surface area contributed by atoms with Crippen LogP contribution >= 0.6 is 0 Å². The number of hydrogen-bond acceptors (Lipinski definition) is 2. The standard InChI is InChI=1S/C14H25N3/c1-4-7-11(5-2)17-13-8-9-15-10-12(13)16-14(17)6-3/h11,15H,4-10H2,1-3H3. The first-order chi connectivity index (χ1) is 8.31. The molecule has 1 unspecified atom stereocenters. The number of fused-ring (bicyclic) bond motifs is 1. The van der Waals surface area contributed by atoms with E-state index in [0.29, 0.717) is 6.04 Å². The van der Waals surface area contributed by atoms with Gasteiger partial charge < -0.3 is 9.88 Å². The van der Waals surface area contributed by atoms with Gasteiger partial charge in [0.15, 0.2) is 0 Å². The Bertz CT molecular complexity index is 368. The van der Waals surface area contributed by atoms with Crippen LogP contribution in [-0.4, -0.2) is 16.1 Å². The Labute approximate surface area is 105 Å². The van der Waals surface area contributed by atoms with Crippen LogP contribution in [-0.2, 0) is 19.4 Å². The first-order valence-electron chi connectivity index (χ1n) is 7.11. The van der Waals surface area contributed by atoms with Gasteiger partial charge in [0.05, 0.1) is 5.69 Å². The van der Waals surface area contributed by atoms with Crippen molar-refractivity contribution in [2.45, 2.75) is 65.5 Å². The molecule has 0 saturated heterocycles. The summed E-state index contributed by atoms with van der Waals surface area (Å²) in [7, 11) is 0. The molecule has 0 bridgehead atoms. The Hall–Kier alpha value is -0.830. The van der Waals surface area contributed by atoms with Crippen LogP contribution < -0.4 is 5.32 Å². The molecule has 0 amide bonds. The normalized spacial score (nSPS) is 16.9. The quantitative estimate of drug-likeness (QED) is 0.850. The maximum atomic E-state index is 4.82. The van der Waals surface area contributed by atoms with Crippen molar-refractivity contribution >= 4 is 0 Å². The summed E-state index contributed by atoms with van der Waals surface area (Å²) in [6, 6.07) is 0.657. The van der Waals surface area contributed by atoms with Crippen LogP contribution in [0.5, 0.6) is 0 Å². The number of nitrogens with one attached hydrogen (secondary N) is 1. The third-order valence-electron chi connectivity index (χ3n) is 3.77. The fraction of sp³-hybridized carbons (Fsp3) is 0.786. The molecule has 0 spiro atoms. The fourth-order valence-corrected chi connectivity index (χ4v) is 2.92. The molecule has 0 fully saturated rings. The number of aromatic nitrogens is 2. The topological polar surface area (TPSA) is 29.9 Å². The van der Waals surface area contributed by atoms with Crippen LogP contribution in [0.2, 0.25) is 0 Å². The second kappa shape index (κ2) is 5.67. The molecular weight excluding hydrogens is 210 g/mol. The van der Waals surface area contributed by atoms with Gasteiger partial charge >= 0.3 is 0 Å². The van der Waals surface area contributed by atoms with E-state index in [1.54, 1.807) is 0 Å². The minimum atomic E-state index is 0.657. The van der Waals surface area contributed by atoms with Crippen LogP contribution in [0, 0.1) is 0 Å². The molecule has 3 heteroatoms. The molecule has 0 radical (unpaired) electrons. The molecule has 0 aromatic carbocycles. The minimum Gasteiger partial charge on any atom is -0.329 e. The first-order valence-corrected chi connectivity index (χ1v) is 7.11. The number of aryl methyl sites for hydroxylation is 1. The molecule has 96 valence electrons. The Balaban J connectivity index is 2.38. The zero-order valence-electron chi connectivity index (χ0n) is 11.4. The Morgan fingerprint density at radius 1 is 1.35 bits per heavy atom. The predicted octanol–water partition coefficient (Wildman–Crippen LogP) is 2.84. The molecular formula is C14H25N3. The maximum absolute atomic E-state index is 4.82. The largest absolute Gasteiger partial charge is 0.329 e. The van der Waals surface area contributed by atoms with E-state index in [-0.39, 0.29) is 0 Å². The van der Waals surface area contributed by atoms with E-state index < -0.39 is 0 Å². The van der Waals surface area contributed by atoms with Crippen molar-refractivity contribution < 1.29 is 0 Å². The lowest BCUT2D eigenvalue weighted by Crippen LogP contribution is -2.26. The molecule has 1 N–H and O–H groups in total. The van der Waals surface area contributed by atoms with E-state index >= 15 is 0 Å². The summed E-state index contributed by atoms with van der Waals surface area (Å²) in [6.07, 6.45) is 5.94. The van der Waals surface area contributed by atoms with Gasteiger partial charge in [-0.25, -0.2) is 4.98 Å². The molecule has 2 rings (SSSR count). The lowest BCUT2D eigenvalue weighted by molar-refractivity contribution is 0.418. The zero-order chi connectivity index (χ0) is 12.3. The van der Waals surface area contributed by atoms with E-state index in [4.69, 9.17) is 4.98 Å². The van der Waals surface area contributed by atoms with Gasteiger partial charge in [-0.05, 0) is 12.8 Å². The summed E-state index contributed by atoms with van der Waals surface area (Å²) in [5.41, 5.74) is 2.79. The highest BCUT2D eigenvalue weighted by Gasteiger charge is 2.22. The molecule has 1 aliphatic heterocycles. The Morgan fingerprint density at radius 3 is 2.82 bits per heavy atom. The second-order valence-corrected chi connectivity index (χ2v) is 4.92. The van der Waals surface area contributed by atoms with Crippen molar-refractivity contribution in [1.29, 1.82) is 0 Å². The van der Waals surface area contributed by atoms with E-state index in [0.717, 1.165) is 25.9 Å².